The van der Waals surface area contributed by atoms with Crippen molar-refractivity contribution in [1.29, 1.82) is 0 Å². The van der Waals surface area contributed by atoms with Gasteiger partial charge in [-0.25, -0.2) is 0 Å². The summed E-state index contributed by atoms with van der Waals surface area (Å²) in [5.41, 5.74) is 1.69. The van der Waals surface area contributed by atoms with E-state index >= 15 is 0 Å². The molecule has 0 aliphatic carbocycles. The first-order valence-electron chi connectivity index (χ1n) is 3.97. The van der Waals surface area contributed by atoms with Crippen molar-refractivity contribution >= 4 is 31.6 Å². The van der Waals surface area contributed by atoms with Gasteiger partial charge >= 0.3 is 0 Å². The van der Waals surface area contributed by atoms with Crippen molar-refractivity contribution in [2.24, 2.45) is 0 Å². The predicted molar refractivity (Wildman–Crippen MR) is 64.4 cm³/mol. The fraction of sp³-hybridized carbons (Fsp3) is 0.400. The second-order valence-electron chi connectivity index (χ2n) is 3.67. The molecule has 0 spiro atoms. The van der Waals surface area contributed by atoms with Crippen molar-refractivity contribution in [2.45, 2.75) is 26.2 Å². The maximum Gasteiger partial charge on any atom is 0.0523 e. The Kier molecular flexibility index (Phi) is 6.66. The summed E-state index contributed by atoms with van der Waals surface area (Å²) in [7, 11) is 10.1. The number of benzene rings is 1. The molecule has 0 amide bonds. The molecule has 0 nitrogen and oxygen atoms in total. The minimum Gasteiger partial charge on any atom is -0.0622 e. The number of halogens is 2. The first kappa shape index (κ1) is 13.2. The second kappa shape index (κ2) is 6.58. The SMILES string of the molecule is CC(C)(C)c1ccccc1.ClSCl. The third-order valence-electron chi connectivity index (χ3n) is 1.64. The molecule has 0 heterocycles. The Balaban J connectivity index is 0.000000424. The maximum atomic E-state index is 4.68. The lowest BCUT2D eigenvalue weighted by molar-refractivity contribution is 0.590. The molecule has 0 atom stereocenters. The summed E-state index contributed by atoms with van der Waals surface area (Å²) in [5.74, 6) is 0. The Morgan fingerprint density at radius 3 is 1.62 bits per heavy atom. The van der Waals surface area contributed by atoms with Crippen LogP contribution in [0, 0.1) is 0 Å². The van der Waals surface area contributed by atoms with Crippen LogP contribution in [0.2, 0.25) is 0 Å². The van der Waals surface area contributed by atoms with Crippen LogP contribution in [0.4, 0.5) is 0 Å². The van der Waals surface area contributed by atoms with E-state index in [0.717, 1.165) is 0 Å². The highest BCUT2D eigenvalue weighted by Crippen LogP contribution is 2.20. The molecule has 0 radical (unpaired) electrons. The molecule has 0 aromatic heterocycles. The summed E-state index contributed by atoms with van der Waals surface area (Å²) in [6.45, 7) is 6.67. The van der Waals surface area contributed by atoms with Gasteiger partial charge < -0.3 is 0 Å². The predicted octanol–water partition coefficient (Wildman–Crippen LogP) is 5.01. The van der Waals surface area contributed by atoms with E-state index in [-0.39, 0.29) is 0 Å². The molecule has 13 heavy (non-hydrogen) atoms. The molecular formula is C10H14Cl2S. The lowest BCUT2D eigenvalue weighted by atomic mass is 9.87. The van der Waals surface area contributed by atoms with Crippen LogP contribution in [0.5, 0.6) is 0 Å². The van der Waals surface area contributed by atoms with E-state index < -0.39 is 0 Å². The average Bonchev–Trinajstić information content (AvgIpc) is 2.06. The number of hydrogen-bond donors (Lipinski definition) is 0. The fourth-order valence-corrected chi connectivity index (χ4v) is 0.938. The summed E-state index contributed by atoms with van der Waals surface area (Å²) in [6, 6.07) is 10.6. The lowest BCUT2D eigenvalue weighted by Gasteiger charge is -2.18. The van der Waals surface area contributed by atoms with Crippen LogP contribution in [0.3, 0.4) is 0 Å². The van der Waals surface area contributed by atoms with Gasteiger partial charge in [0.05, 0.1) is 10.2 Å². The van der Waals surface area contributed by atoms with E-state index in [2.05, 4.69) is 72.5 Å². The molecule has 0 saturated heterocycles. The summed E-state index contributed by atoms with van der Waals surface area (Å²) < 4.78 is 0. The zero-order valence-electron chi connectivity index (χ0n) is 8.05. The van der Waals surface area contributed by atoms with Crippen LogP contribution >= 0.6 is 31.6 Å². The van der Waals surface area contributed by atoms with E-state index in [1.165, 1.54) is 5.56 Å². The minimum atomic E-state index is 0.293. The lowest BCUT2D eigenvalue weighted by Crippen LogP contribution is -2.10. The van der Waals surface area contributed by atoms with Crippen molar-refractivity contribution in [3.05, 3.63) is 35.9 Å². The first-order valence-corrected chi connectivity index (χ1v) is 6.44. The molecule has 0 saturated carbocycles. The summed E-state index contributed by atoms with van der Waals surface area (Å²) in [6.07, 6.45) is 0. The summed E-state index contributed by atoms with van der Waals surface area (Å²) >= 11 is 0. The Morgan fingerprint density at radius 2 is 1.38 bits per heavy atom. The van der Waals surface area contributed by atoms with Crippen LogP contribution in [-0.4, -0.2) is 0 Å². The third-order valence-corrected chi connectivity index (χ3v) is 1.64. The van der Waals surface area contributed by atoms with Gasteiger partial charge in [-0.2, -0.15) is 0 Å². The van der Waals surface area contributed by atoms with E-state index in [1.54, 1.807) is 0 Å². The van der Waals surface area contributed by atoms with Gasteiger partial charge in [-0.3, -0.25) is 0 Å². The highest BCUT2D eigenvalue weighted by atomic mass is 36.0. The average molecular weight is 237 g/mol. The Labute approximate surface area is 93.6 Å². The largest absolute Gasteiger partial charge is 0.0622 e. The molecule has 1 aromatic rings. The van der Waals surface area contributed by atoms with Gasteiger partial charge in [-0.1, -0.05) is 51.1 Å². The molecule has 0 fully saturated rings. The topological polar surface area (TPSA) is 0 Å². The number of rotatable bonds is 0. The molecule has 0 aliphatic rings. The van der Waals surface area contributed by atoms with Gasteiger partial charge in [0.25, 0.3) is 0 Å². The van der Waals surface area contributed by atoms with Gasteiger partial charge in [-0.15, -0.1) is 0 Å². The van der Waals surface area contributed by atoms with E-state index in [4.69, 9.17) is 0 Å². The van der Waals surface area contributed by atoms with Crippen molar-refractivity contribution in [3.63, 3.8) is 0 Å². The van der Waals surface area contributed by atoms with Crippen molar-refractivity contribution in [1.82, 2.24) is 0 Å². The van der Waals surface area contributed by atoms with E-state index in [0.29, 0.717) is 15.6 Å². The molecule has 0 N–H and O–H groups in total. The third kappa shape index (κ3) is 6.25. The highest BCUT2D eigenvalue weighted by molar-refractivity contribution is 8.38. The smallest absolute Gasteiger partial charge is 0.0523 e. The minimum absolute atomic E-state index is 0.293. The zero-order valence-corrected chi connectivity index (χ0v) is 10.4. The van der Waals surface area contributed by atoms with Crippen LogP contribution in [-0.2, 0) is 5.41 Å². The molecule has 0 aliphatic heterocycles. The van der Waals surface area contributed by atoms with Gasteiger partial charge in [0.15, 0.2) is 0 Å². The summed E-state index contributed by atoms with van der Waals surface area (Å²) in [4.78, 5) is 0. The molecule has 74 valence electrons. The normalized spacial score (nSPS) is 10.2. The van der Waals surface area contributed by atoms with Crippen LogP contribution in [0.1, 0.15) is 26.3 Å². The summed E-state index contributed by atoms with van der Waals surface area (Å²) in [5, 5.41) is 0. The van der Waals surface area contributed by atoms with E-state index in [1.807, 2.05) is 0 Å². The number of hydrogen-bond acceptors (Lipinski definition) is 1. The van der Waals surface area contributed by atoms with Gasteiger partial charge in [0, 0.05) is 0 Å². The monoisotopic (exact) mass is 236 g/mol. The van der Waals surface area contributed by atoms with Crippen LogP contribution in [0.25, 0.3) is 0 Å². The van der Waals surface area contributed by atoms with Crippen molar-refractivity contribution in [3.8, 4) is 0 Å². The van der Waals surface area contributed by atoms with Crippen LogP contribution < -0.4 is 0 Å². The van der Waals surface area contributed by atoms with Gasteiger partial charge in [0.1, 0.15) is 0 Å². The maximum absolute atomic E-state index is 4.68. The van der Waals surface area contributed by atoms with Crippen molar-refractivity contribution < 1.29 is 0 Å². The zero-order chi connectivity index (χ0) is 10.3. The molecule has 1 rings (SSSR count). The quantitative estimate of drug-likeness (QED) is 0.611. The molecule has 0 bridgehead atoms. The van der Waals surface area contributed by atoms with Crippen molar-refractivity contribution in [2.75, 3.05) is 0 Å². The fourth-order valence-electron chi connectivity index (χ4n) is 0.938. The first-order chi connectivity index (χ1) is 6.02. The Hall–Kier alpha value is 0.150. The van der Waals surface area contributed by atoms with Gasteiger partial charge in [-0.05, 0) is 32.3 Å². The highest BCUT2D eigenvalue weighted by Gasteiger charge is 2.11. The molecule has 3 heteroatoms. The standard InChI is InChI=1S/C10H14.Cl2S/c1-10(2,3)9-7-5-4-6-8-9;1-3-2/h4-8H,1-3H3;. The van der Waals surface area contributed by atoms with Gasteiger partial charge in [0.2, 0.25) is 0 Å². The molecular weight excluding hydrogens is 223 g/mol. The second-order valence-corrected chi connectivity index (χ2v) is 5.19. The molecule has 0 unspecified atom stereocenters. The Bertz CT molecular complexity index is 216. The Morgan fingerprint density at radius 1 is 1.00 bits per heavy atom. The van der Waals surface area contributed by atoms with E-state index in [9.17, 15) is 0 Å². The molecule has 1 aromatic carbocycles. The van der Waals surface area contributed by atoms with Crippen LogP contribution in [0.15, 0.2) is 30.3 Å².